The average Bonchev–Trinajstić information content (AvgIpc) is 2.42. The summed E-state index contributed by atoms with van der Waals surface area (Å²) in [6, 6.07) is 4.59. The van der Waals surface area contributed by atoms with Crippen molar-refractivity contribution < 1.29 is 13.5 Å². The number of nitrogens with one attached hydrogen (secondary N) is 1. The maximum absolute atomic E-state index is 12.8. The first kappa shape index (κ1) is 19.0. The Morgan fingerprint density at radius 2 is 2.08 bits per heavy atom. The van der Waals surface area contributed by atoms with Crippen LogP contribution in [0.5, 0.6) is 5.75 Å². The van der Waals surface area contributed by atoms with Gasteiger partial charge in [-0.05, 0) is 19.1 Å². The molecule has 3 N–H and O–H groups in total. The van der Waals surface area contributed by atoms with Gasteiger partial charge in [-0.2, -0.15) is 0 Å². The van der Waals surface area contributed by atoms with Crippen LogP contribution in [0.4, 0.5) is 8.78 Å². The molecule has 1 heterocycles. The van der Waals surface area contributed by atoms with E-state index in [9.17, 15) is 13.6 Å². The van der Waals surface area contributed by atoms with Gasteiger partial charge in [-0.15, -0.1) is 12.4 Å². The van der Waals surface area contributed by atoms with Gasteiger partial charge in [0.25, 0.3) is 5.56 Å². The van der Waals surface area contributed by atoms with Gasteiger partial charge in [-0.3, -0.25) is 4.79 Å². The quantitative estimate of drug-likeness (QED) is 0.842. The molecule has 0 bridgehead atoms. The van der Waals surface area contributed by atoms with Crippen LogP contribution in [0.15, 0.2) is 23.0 Å². The number of ether oxygens (including phenoxy) is 1. The van der Waals surface area contributed by atoms with Crippen LogP contribution < -0.4 is 16.0 Å². The zero-order valence-electron chi connectivity index (χ0n) is 12.9. The number of benzene rings is 1. The number of hydrogen-bond donors (Lipinski definition) is 2. The molecule has 2 aromatic rings. The van der Waals surface area contributed by atoms with Crippen molar-refractivity contribution in [3.05, 3.63) is 39.1 Å². The van der Waals surface area contributed by atoms with Crippen LogP contribution in [0.3, 0.4) is 0 Å². The highest BCUT2D eigenvalue weighted by Crippen LogP contribution is 2.42. The third-order valence-corrected chi connectivity index (χ3v) is 4.36. The Kier molecular flexibility index (Phi) is 5.42. The van der Waals surface area contributed by atoms with Gasteiger partial charge in [-0.25, -0.2) is 8.78 Å². The molecule has 1 aliphatic carbocycles. The van der Waals surface area contributed by atoms with E-state index in [0.29, 0.717) is 21.9 Å². The van der Waals surface area contributed by atoms with Gasteiger partial charge in [-0.1, -0.05) is 11.6 Å². The molecule has 1 unspecified atom stereocenters. The summed E-state index contributed by atoms with van der Waals surface area (Å²) in [6.45, 7) is 1.91. The molecule has 4 nitrogen and oxygen atoms in total. The van der Waals surface area contributed by atoms with Crippen LogP contribution in [0, 0.1) is 5.92 Å². The van der Waals surface area contributed by atoms with Crippen molar-refractivity contribution >= 4 is 34.9 Å². The molecule has 1 aromatic heterocycles. The molecule has 1 aromatic carbocycles. The van der Waals surface area contributed by atoms with Gasteiger partial charge in [0.2, 0.25) is 5.92 Å². The number of aromatic nitrogens is 1. The molecule has 132 valence electrons. The van der Waals surface area contributed by atoms with E-state index >= 15 is 0 Å². The zero-order chi connectivity index (χ0) is 16.8. The van der Waals surface area contributed by atoms with E-state index in [2.05, 4.69) is 4.98 Å². The summed E-state index contributed by atoms with van der Waals surface area (Å²) >= 11 is 6.18. The number of pyridine rings is 1. The van der Waals surface area contributed by atoms with Crippen LogP contribution in [-0.2, 0) is 0 Å². The lowest BCUT2D eigenvalue weighted by Crippen LogP contribution is -2.38. The minimum Gasteiger partial charge on any atom is -0.492 e. The average molecular weight is 379 g/mol. The van der Waals surface area contributed by atoms with Crippen molar-refractivity contribution in [3.8, 4) is 5.75 Å². The summed E-state index contributed by atoms with van der Waals surface area (Å²) < 4.78 is 31.2. The maximum Gasteiger partial charge on any atom is 0.253 e. The molecule has 1 saturated carbocycles. The van der Waals surface area contributed by atoms with Crippen molar-refractivity contribution in [3.63, 3.8) is 0 Å². The molecule has 0 radical (unpaired) electrons. The lowest BCUT2D eigenvalue weighted by molar-refractivity contribution is -0.119. The van der Waals surface area contributed by atoms with Crippen molar-refractivity contribution in [2.75, 3.05) is 6.61 Å². The van der Waals surface area contributed by atoms with E-state index in [4.69, 9.17) is 22.1 Å². The largest absolute Gasteiger partial charge is 0.492 e. The third-order valence-electron chi connectivity index (χ3n) is 4.07. The van der Waals surface area contributed by atoms with Crippen molar-refractivity contribution in [2.45, 2.75) is 31.7 Å². The maximum atomic E-state index is 12.8. The summed E-state index contributed by atoms with van der Waals surface area (Å²) in [5.41, 5.74) is 6.53. The topological polar surface area (TPSA) is 68.1 Å². The fraction of sp³-hybridized carbons (Fsp3) is 0.438. The minimum atomic E-state index is -2.57. The standard InChI is InChI=1S/C16H17ClF2N2O2.ClH/c1-8(20)11-2-10-3-12(17)14(4-13(10)21-15(11)22)23-7-9-5-16(18,19)6-9;/h2-4,8-9H,5-7,20H2,1H3,(H,21,22);1H. The first-order chi connectivity index (χ1) is 10.7. The number of halogens is 4. The lowest BCUT2D eigenvalue weighted by Gasteiger charge is -2.34. The highest BCUT2D eigenvalue weighted by Gasteiger charge is 2.45. The van der Waals surface area contributed by atoms with Gasteiger partial charge in [0.1, 0.15) is 5.75 Å². The number of alkyl halides is 2. The van der Waals surface area contributed by atoms with Gasteiger partial charge < -0.3 is 15.5 Å². The van der Waals surface area contributed by atoms with Gasteiger partial charge in [0.05, 0.1) is 17.1 Å². The summed E-state index contributed by atoms with van der Waals surface area (Å²) in [4.78, 5) is 14.7. The van der Waals surface area contributed by atoms with Crippen molar-refractivity contribution in [1.29, 1.82) is 0 Å². The Bertz CT molecular complexity index is 800. The monoisotopic (exact) mass is 378 g/mol. The lowest BCUT2D eigenvalue weighted by atomic mass is 9.82. The molecule has 0 amide bonds. The molecular weight excluding hydrogens is 361 g/mol. The second-order valence-electron chi connectivity index (χ2n) is 6.15. The van der Waals surface area contributed by atoms with Crippen LogP contribution in [0.25, 0.3) is 10.9 Å². The van der Waals surface area contributed by atoms with Crippen LogP contribution in [0.1, 0.15) is 31.4 Å². The van der Waals surface area contributed by atoms with E-state index in [1.807, 2.05) is 0 Å². The molecule has 8 heteroatoms. The zero-order valence-corrected chi connectivity index (χ0v) is 14.5. The third kappa shape index (κ3) is 3.82. The second-order valence-corrected chi connectivity index (χ2v) is 6.56. The molecular formula is C16H18Cl2F2N2O2. The predicted molar refractivity (Wildman–Crippen MR) is 92.6 cm³/mol. The molecule has 3 rings (SSSR count). The van der Waals surface area contributed by atoms with Crippen LogP contribution in [0.2, 0.25) is 5.02 Å². The molecule has 0 spiro atoms. The van der Waals surface area contributed by atoms with Crippen molar-refractivity contribution in [1.82, 2.24) is 4.98 Å². The van der Waals surface area contributed by atoms with E-state index in [0.717, 1.165) is 5.39 Å². The first-order valence-corrected chi connectivity index (χ1v) is 7.76. The summed E-state index contributed by atoms with van der Waals surface area (Å²) in [7, 11) is 0. The number of nitrogens with two attached hydrogens (primary N) is 1. The fourth-order valence-electron chi connectivity index (χ4n) is 2.78. The smallest absolute Gasteiger partial charge is 0.253 e. The number of rotatable bonds is 4. The molecule has 24 heavy (non-hydrogen) atoms. The summed E-state index contributed by atoms with van der Waals surface area (Å²) in [5, 5.41) is 1.11. The molecule has 1 aliphatic rings. The van der Waals surface area contributed by atoms with E-state index in [1.165, 1.54) is 0 Å². The van der Waals surface area contributed by atoms with Gasteiger partial charge >= 0.3 is 0 Å². The highest BCUT2D eigenvalue weighted by molar-refractivity contribution is 6.32. The Balaban J connectivity index is 0.00000208. The summed E-state index contributed by atoms with van der Waals surface area (Å²) in [6.07, 6.45) is -0.320. The Labute approximate surface area is 148 Å². The van der Waals surface area contributed by atoms with E-state index in [-0.39, 0.29) is 43.3 Å². The SMILES string of the molecule is CC(N)c1cc2cc(Cl)c(OCC3CC(F)(F)C3)cc2[nH]c1=O.Cl. The minimum absolute atomic E-state index is 0. The number of fused-ring (bicyclic) bond motifs is 1. The summed E-state index contributed by atoms with van der Waals surface area (Å²) in [5.74, 6) is -2.36. The fourth-order valence-corrected chi connectivity index (χ4v) is 3.01. The van der Waals surface area contributed by atoms with E-state index in [1.54, 1.807) is 25.1 Å². The van der Waals surface area contributed by atoms with E-state index < -0.39 is 12.0 Å². The predicted octanol–water partition coefficient (Wildman–Crippen LogP) is 4.05. The Morgan fingerprint density at radius 1 is 1.42 bits per heavy atom. The Morgan fingerprint density at radius 3 is 2.67 bits per heavy atom. The highest BCUT2D eigenvalue weighted by atomic mass is 35.5. The van der Waals surface area contributed by atoms with Gasteiger partial charge in [0.15, 0.2) is 0 Å². The van der Waals surface area contributed by atoms with Crippen LogP contribution >= 0.6 is 24.0 Å². The van der Waals surface area contributed by atoms with Crippen molar-refractivity contribution in [2.24, 2.45) is 11.7 Å². The van der Waals surface area contributed by atoms with Gasteiger partial charge in [0, 0.05) is 41.8 Å². The first-order valence-electron chi connectivity index (χ1n) is 7.38. The molecule has 1 atom stereocenters. The number of aromatic amines is 1. The van der Waals surface area contributed by atoms with Crippen LogP contribution in [-0.4, -0.2) is 17.5 Å². The second kappa shape index (κ2) is 6.86. The number of hydrogen-bond acceptors (Lipinski definition) is 3. The number of H-pyrrole nitrogens is 1. The normalized spacial score (nSPS) is 17.9. The molecule has 1 fully saturated rings. The molecule has 0 aliphatic heterocycles. The molecule has 0 saturated heterocycles. The Hall–Kier alpha value is -1.37.